The molecule has 1 aromatic heterocycles. The summed E-state index contributed by atoms with van der Waals surface area (Å²) >= 11 is 0. The molecule has 0 unspecified atom stereocenters. The number of nitrogens with one attached hydrogen (secondary N) is 1. The molecule has 1 aliphatic carbocycles. The number of carbonyl (C=O) groups is 2. The van der Waals surface area contributed by atoms with E-state index in [-0.39, 0.29) is 6.42 Å². The van der Waals surface area contributed by atoms with Crippen molar-refractivity contribution in [2.24, 2.45) is 5.92 Å². The van der Waals surface area contributed by atoms with Gasteiger partial charge in [-0.1, -0.05) is 61.9 Å². The lowest BCUT2D eigenvalue weighted by Crippen LogP contribution is -2.42. The molecule has 1 atom stereocenters. The van der Waals surface area contributed by atoms with Gasteiger partial charge in [-0.15, -0.1) is 0 Å². The van der Waals surface area contributed by atoms with Crippen LogP contribution in [-0.4, -0.2) is 47.1 Å². The van der Waals surface area contributed by atoms with Gasteiger partial charge in [0.2, 0.25) is 0 Å². The highest BCUT2D eigenvalue weighted by Crippen LogP contribution is 2.37. The minimum Gasteiger partial charge on any atom is -0.480 e. The first kappa shape index (κ1) is 30.0. The Morgan fingerprint density at radius 1 is 0.837 bits per heavy atom. The maximum absolute atomic E-state index is 12.7. The fraction of sp³-hybridized carbons (Fsp3) is 0.333. The second-order valence-electron chi connectivity index (χ2n) is 11.7. The lowest BCUT2D eigenvalue weighted by atomic mass is 9.78. The summed E-state index contributed by atoms with van der Waals surface area (Å²) in [6.07, 6.45) is 10.4. The normalized spacial score (nSPS) is 17.2. The third-order valence-corrected chi connectivity index (χ3v) is 8.69. The molecule has 1 amide bonds. The number of nitrogens with zero attached hydrogens (tertiary/aromatic N) is 3. The second-order valence-corrected chi connectivity index (χ2v) is 11.7. The van der Waals surface area contributed by atoms with E-state index in [0.29, 0.717) is 17.3 Å². The Morgan fingerprint density at radius 3 is 2.00 bits per heavy atom. The summed E-state index contributed by atoms with van der Waals surface area (Å²) in [6, 6.07) is 22.3. The topological polar surface area (TPSA) is 95.4 Å². The van der Waals surface area contributed by atoms with Gasteiger partial charge in [0.05, 0.1) is 0 Å². The fourth-order valence-electron chi connectivity index (χ4n) is 5.86. The van der Waals surface area contributed by atoms with Crippen LogP contribution < -0.4 is 10.2 Å². The van der Waals surface area contributed by atoms with Gasteiger partial charge in [0.15, 0.2) is 5.82 Å². The van der Waals surface area contributed by atoms with E-state index in [1.165, 1.54) is 37.7 Å². The number of amides is 1. The molecule has 7 nitrogen and oxygen atoms in total. The third-order valence-electron chi connectivity index (χ3n) is 8.69. The van der Waals surface area contributed by atoms with Crippen LogP contribution in [0.4, 0.5) is 5.69 Å². The number of benzene rings is 3. The molecule has 1 heterocycles. The van der Waals surface area contributed by atoms with Gasteiger partial charge in [-0.3, -0.25) is 4.79 Å². The summed E-state index contributed by atoms with van der Waals surface area (Å²) in [4.78, 5) is 35.8. The first-order valence-corrected chi connectivity index (χ1v) is 15.1. The van der Waals surface area contributed by atoms with Gasteiger partial charge < -0.3 is 15.3 Å². The zero-order valence-corrected chi connectivity index (χ0v) is 25.2. The summed E-state index contributed by atoms with van der Waals surface area (Å²) in [5.74, 6) is 0.661. The summed E-state index contributed by atoms with van der Waals surface area (Å²) in [6.45, 7) is 2.30. The van der Waals surface area contributed by atoms with E-state index in [9.17, 15) is 14.7 Å². The van der Waals surface area contributed by atoms with Crippen LogP contribution in [0.5, 0.6) is 0 Å². The predicted octanol–water partition coefficient (Wildman–Crippen LogP) is 6.99. The second kappa shape index (κ2) is 13.6. The summed E-state index contributed by atoms with van der Waals surface area (Å²) in [7, 11) is 3.83. The van der Waals surface area contributed by atoms with Crippen LogP contribution in [0.1, 0.15) is 66.4 Å². The highest BCUT2D eigenvalue weighted by atomic mass is 16.4. The van der Waals surface area contributed by atoms with Crippen molar-refractivity contribution in [3.05, 3.63) is 102 Å². The van der Waals surface area contributed by atoms with E-state index in [4.69, 9.17) is 0 Å². The highest BCUT2D eigenvalue weighted by molar-refractivity contribution is 5.97. The first-order valence-electron chi connectivity index (χ1n) is 15.1. The largest absolute Gasteiger partial charge is 0.480 e. The average molecular weight is 577 g/mol. The Hall–Kier alpha value is -4.52. The molecule has 0 radical (unpaired) electrons. The average Bonchev–Trinajstić information content (AvgIpc) is 3.05. The van der Waals surface area contributed by atoms with Crippen LogP contribution in [0.25, 0.3) is 22.5 Å². The van der Waals surface area contributed by atoms with Crippen molar-refractivity contribution in [3.8, 4) is 22.5 Å². The van der Waals surface area contributed by atoms with E-state index in [0.717, 1.165) is 33.9 Å². The highest BCUT2D eigenvalue weighted by Gasteiger charge is 2.22. The van der Waals surface area contributed by atoms with Crippen molar-refractivity contribution < 1.29 is 14.7 Å². The van der Waals surface area contributed by atoms with E-state index in [1.54, 1.807) is 12.1 Å². The summed E-state index contributed by atoms with van der Waals surface area (Å²) in [5, 5.41) is 12.4. The lowest BCUT2D eigenvalue weighted by Gasteiger charge is -2.28. The minimum absolute atomic E-state index is 0.160. The van der Waals surface area contributed by atoms with E-state index in [2.05, 4.69) is 46.5 Å². The number of rotatable bonds is 10. The van der Waals surface area contributed by atoms with Gasteiger partial charge in [0.1, 0.15) is 6.04 Å². The number of aliphatic carboxylic acids is 1. The molecule has 0 spiro atoms. The quantitative estimate of drug-likeness (QED) is 0.211. The molecule has 3 aromatic carbocycles. The Bertz CT molecular complexity index is 1510. The van der Waals surface area contributed by atoms with Gasteiger partial charge >= 0.3 is 5.97 Å². The zero-order valence-electron chi connectivity index (χ0n) is 25.2. The van der Waals surface area contributed by atoms with Crippen LogP contribution in [0, 0.1) is 5.92 Å². The first-order chi connectivity index (χ1) is 20.8. The Morgan fingerprint density at radius 2 is 1.44 bits per heavy atom. The van der Waals surface area contributed by atoms with Crippen molar-refractivity contribution in [1.29, 1.82) is 0 Å². The molecule has 5 rings (SSSR count). The monoisotopic (exact) mass is 576 g/mol. The van der Waals surface area contributed by atoms with Gasteiger partial charge in [0, 0.05) is 55.3 Å². The molecule has 0 aliphatic heterocycles. The van der Waals surface area contributed by atoms with Gasteiger partial charge in [-0.25, -0.2) is 14.8 Å². The van der Waals surface area contributed by atoms with Crippen LogP contribution in [0.3, 0.4) is 0 Å². The minimum atomic E-state index is -1.09. The Kier molecular flexibility index (Phi) is 9.50. The van der Waals surface area contributed by atoms with Crippen molar-refractivity contribution in [2.45, 2.75) is 57.4 Å². The molecule has 1 fully saturated rings. The molecule has 1 saturated carbocycles. The number of anilines is 1. The Balaban J connectivity index is 1.19. The van der Waals surface area contributed by atoms with Gasteiger partial charge in [-0.05, 0) is 78.5 Å². The SMILES string of the molecule is CC[C@H]1CC[C@H](c2ccc(-c3cnc(-c4ccc(C[C@H](NC(=O)c5ccc(N(C)C)cc5)C(=O)O)cc4)nc3)cc2)CC1. The van der Waals surface area contributed by atoms with Crippen LogP contribution >= 0.6 is 0 Å². The molecule has 0 saturated heterocycles. The molecule has 1 aliphatic rings. The van der Waals surface area contributed by atoms with Crippen LogP contribution in [-0.2, 0) is 11.2 Å². The molecule has 222 valence electrons. The van der Waals surface area contributed by atoms with Crippen LogP contribution in [0.2, 0.25) is 0 Å². The molecular formula is C36H40N4O3. The molecule has 2 N–H and O–H groups in total. The van der Waals surface area contributed by atoms with Crippen molar-refractivity contribution in [1.82, 2.24) is 15.3 Å². The van der Waals surface area contributed by atoms with Gasteiger partial charge in [0.25, 0.3) is 5.91 Å². The van der Waals surface area contributed by atoms with E-state index in [1.807, 2.05) is 67.8 Å². The number of aromatic nitrogens is 2. The molecule has 4 aromatic rings. The maximum Gasteiger partial charge on any atom is 0.326 e. The predicted molar refractivity (Wildman–Crippen MR) is 171 cm³/mol. The number of hydrogen-bond acceptors (Lipinski definition) is 5. The Labute approximate surface area is 254 Å². The third kappa shape index (κ3) is 7.47. The fourth-order valence-corrected chi connectivity index (χ4v) is 5.86. The number of carbonyl (C=O) groups excluding carboxylic acids is 1. The maximum atomic E-state index is 12.7. The smallest absolute Gasteiger partial charge is 0.326 e. The van der Waals surface area contributed by atoms with Crippen molar-refractivity contribution in [2.75, 3.05) is 19.0 Å². The zero-order chi connectivity index (χ0) is 30.3. The molecule has 43 heavy (non-hydrogen) atoms. The van der Waals surface area contributed by atoms with Crippen LogP contribution in [0.15, 0.2) is 85.2 Å². The summed E-state index contributed by atoms with van der Waals surface area (Å²) < 4.78 is 0. The number of carboxylic acids is 1. The number of hydrogen-bond donors (Lipinski definition) is 2. The van der Waals surface area contributed by atoms with E-state index >= 15 is 0 Å². The van der Waals surface area contributed by atoms with Crippen molar-refractivity contribution in [3.63, 3.8) is 0 Å². The molecule has 7 heteroatoms. The van der Waals surface area contributed by atoms with E-state index < -0.39 is 17.9 Å². The molecule has 0 bridgehead atoms. The standard InChI is InChI=1S/C36H40N4O3/c1-4-24-5-9-26(10-6-24)27-13-15-28(16-14-27)31-22-37-34(38-23-31)29-11-7-25(8-12-29)21-33(36(42)43)39-35(41)30-17-19-32(20-18-30)40(2)3/h7-8,11-20,22-24,26,33H,4-6,9-10,21H2,1-3H3,(H,39,41)(H,42,43)/t24-,26-,33-/m0/s1. The summed E-state index contributed by atoms with van der Waals surface area (Å²) in [5.41, 5.74) is 6.50. The lowest BCUT2D eigenvalue weighted by molar-refractivity contribution is -0.139. The molecular weight excluding hydrogens is 536 g/mol. The van der Waals surface area contributed by atoms with Gasteiger partial charge in [-0.2, -0.15) is 0 Å². The number of carboxylic acid groups (broad SMARTS) is 1. The van der Waals surface area contributed by atoms with Crippen molar-refractivity contribution >= 4 is 17.6 Å².